The zero-order valence-corrected chi connectivity index (χ0v) is 22.5. The minimum atomic E-state index is -1.03. The summed E-state index contributed by atoms with van der Waals surface area (Å²) in [5.41, 5.74) is 5.08. The van der Waals surface area contributed by atoms with Crippen molar-refractivity contribution in [2.45, 2.75) is 45.9 Å². The monoisotopic (exact) mass is 521 g/mol. The molecule has 0 heterocycles. The summed E-state index contributed by atoms with van der Waals surface area (Å²) in [7, 11) is 0. The standard InChI is InChI=1S/C30H35NO5S/c1-4-15-36-24-10-7-9-22(17-24)19-35-20-23-12-13-26(27(18-23)25-11-6-5-8-21(25)2)29(32)31-28(30(33)34)14-16-37-3/h5-13,17-18,28H,4,14-16,19-20H2,1-3H3,(H,31,32)(H,33,34)/t28-/m0/s1. The second kappa shape index (κ2) is 14.4. The molecule has 7 heteroatoms. The maximum Gasteiger partial charge on any atom is 0.326 e. The Labute approximate surface area is 223 Å². The van der Waals surface area contributed by atoms with E-state index in [0.29, 0.717) is 37.6 Å². The molecule has 0 aliphatic carbocycles. The van der Waals surface area contributed by atoms with E-state index in [-0.39, 0.29) is 0 Å². The van der Waals surface area contributed by atoms with Crippen LogP contribution in [0.1, 0.15) is 46.8 Å². The van der Waals surface area contributed by atoms with Gasteiger partial charge in [-0.15, -0.1) is 0 Å². The fraction of sp³-hybridized carbons (Fsp3) is 0.333. The Morgan fingerprint density at radius 3 is 2.43 bits per heavy atom. The quantitative estimate of drug-likeness (QED) is 0.267. The summed E-state index contributed by atoms with van der Waals surface area (Å²) >= 11 is 1.55. The van der Waals surface area contributed by atoms with Gasteiger partial charge in [-0.25, -0.2) is 4.79 Å². The van der Waals surface area contributed by atoms with Crippen molar-refractivity contribution < 1.29 is 24.2 Å². The van der Waals surface area contributed by atoms with Gasteiger partial charge in [0.25, 0.3) is 5.91 Å². The van der Waals surface area contributed by atoms with Gasteiger partial charge in [0.05, 0.1) is 19.8 Å². The molecule has 0 saturated heterocycles. The Morgan fingerprint density at radius 1 is 0.973 bits per heavy atom. The number of carbonyl (C=O) groups is 2. The van der Waals surface area contributed by atoms with Crippen molar-refractivity contribution in [3.8, 4) is 16.9 Å². The number of carboxylic acids is 1. The van der Waals surface area contributed by atoms with Gasteiger partial charge in [0.15, 0.2) is 0 Å². The van der Waals surface area contributed by atoms with Crippen LogP contribution in [-0.2, 0) is 22.7 Å². The molecule has 6 nitrogen and oxygen atoms in total. The number of thioether (sulfide) groups is 1. The first kappa shape index (κ1) is 28.3. The van der Waals surface area contributed by atoms with E-state index in [9.17, 15) is 14.7 Å². The van der Waals surface area contributed by atoms with E-state index in [2.05, 4.69) is 12.2 Å². The predicted octanol–water partition coefficient (Wildman–Crippen LogP) is 6.10. The third kappa shape index (κ3) is 8.37. The van der Waals surface area contributed by atoms with Crippen molar-refractivity contribution in [2.24, 2.45) is 0 Å². The molecule has 2 N–H and O–H groups in total. The van der Waals surface area contributed by atoms with E-state index in [1.165, 1.54) is 0 Å². The summed E-state index contributed by atoms with van der Waals surface area (Å²) in [5, 5.41) is 12.3. The number of nitrogens with one attached hydrogen (secondary N) is 1. The molecule has 0 saturated carbocycles. The summed E-state index contributed by atoms with van der Waals surface area (Å²) in [4.78, 5) is 24.9. The number of ether oxygens (including phenoxy) is 2. The fourth-order valence-corrected chi connectivity index (χ4v) is 4.41. The van der Waals surface area contributed by atoms with Crippen LogP contribution in [0.25, 0.3) is 11.1 Å². The van der Waals surface area contributed by atoms with Gasteiger partial charge >= 0.3 is 5.97 Å². The van der Waals surface area contributed by atoms with Crippen molar-refractivity contribution in [3.05, 3.63) is 89.0 Å². The third-order valence-electron chi connectivity index (χ3n) is 5.89. The summed E-state index contributed by atoms with van der Waals surface area (Å²) in [5.74, 6) is 0.0423. The van der Waals surface area contributed by atoms with Gasteiger partial charge in [-0.2, -0.15) is 11.8 Å². The van der Waals surface area contributed by atoms with E-state index in [1.54, 1.807) is 17.8 Å². The Morgan fingerprint density at radius 2 is 1.73 bits per heavy atom. The van der Waals surface area contributed by atoms with Crippen LogP contribution in [0, 0.1) is 6.92 Å². The molecule has 0 unspecified atom stereocenters. The minimum Gasteiger partial charge on any atom is -0.494 e. The lowest BCUT2D eigenvalue weighted by Crippen LogP contribution is -2.41. The highest BCUT2D eigenvalue weighted by Gasteiger charge is 2.22. The van der Waals surface area contributed by atoms with Crippen molar-refractivity contribution >= 4 is 23.6 Å². The average Bonchev–Trinajstić information content (AvgIpc) is 2.90. The van der Waals surface area contributed by atoms with Crippen molar-refractivity contribution in [1.29, 1.82) is 0 Å². The van der Waals surface area contributed by atoms with Gasteiger partial charge in [-0.05, 0) is 83.9 Å². The van der Waals surface area contributed by atoms with Crippen LogP contribution < -0.4 is 10.1 Å². The number of rotatable bonds is 14. The molecule has 0 fully saturated rings. The van der Waals surface area contributed by atoms with Gasteiger partial charge in [-0.1, -0.05) is 49.4 Å². The second-order valence-corrected chi connectivity index (χ2v) is 9.81. The van der Waals surface area contributed by atoms with Crippen LogP contribution in [0.15, 0.2) is 66.7 Å². The largest absolute Gasteiger partial charge is 0.494 e. The Hall–Kier alpha value is -3.29. The number of hydrogen-bond donors (Lipinski definition) is 2. The van der Waals surface area contributed by atoms with E-state index < -0.39 is 17.9 Å². The molecule has 0 radical (unpaired) electrons. The lowest BCUT2D eigenvalue weighted by Gasteiger charge is -2.18. The Bertz CT molecular complexity index is 1200. The van der Waals surface area contributed by atoms with Crippen LogP contribution in [-0.4, -0.2) is 41.6 Å². The number of carboxylic acid groups (broad SMARTS) is 1. The first-order chi connectivity index (χ1) is 17.9. The second-order valence-electron chi connectivity index (χ2n) is 8.83. The molecule has 196 valence electrons. The van der Waals surface area contributed by atoms with Crippen LogP contribution in [0.2, 0.25) is 0 Å². The van der Waals surface area contributed by atoms with Gasteiger partial charge in [0.2, 0.25) is 0 Å². The zero-order valence-electron chi connectivity index (χ0n) is 21.7. The zero-order chi connectivity index (χ0) is 26.6. The van der Waals surface area contributed by atoms with E-state index in [0.717, 1.165) is 40.0 Å². The molecule has 3 rings (SSSR count). The molecule has 1 amide bonds. The minimum absolute atomic E-state index is 0.360. The van der Waals surface area contributed by atoms with E-state index in [1.807, 2.05) is 73.8 Å². The van der Waals surface area contributed by atoms with Crippen molar-refractivity contribution in [2.75, 3.05) is 18.6 Å². The summed E-state index contributed by atoms with van der Waals surface area (Å²) in [6.45, 7) is 5.54. The average molecular weight is 522 g/mol. The highest BCUT2D eigenvalue weighted by atomic mass is 32.2. The highest BCUT2D eigenvalue weighted by molar-refractivity contribution is 7.98. The van der Waals surface area contributed by atoms with Gasteiger partial charge in [-0.3, -0.25) is 4.79 Å². The molecule has 0 aromatic heterocycles. The van der Waals surface area contributed by atoms with Crippen LogP contribution in [0.3, 0.4) is 0 Å². The molecule has 3 aromatic carbocycles. The van der Waals surface area contributed by atoms with E-state index in [4.69, 9.17) is 9.47 Å². The molecular formula is C30H35NO5S. The van der Waals surface area contributed by atoms with Crippen molar-refractivity contribution in [1.82, 2.24) is 5.32 Å². The molecule has 0 spiro atoms. The van der Waals surface area contributed by atoms with Crippen LogP contribution >= 0.6 is 11.8 Å². The normalized spacial score (nSPS) is 11.6. The Kier molecular flexibility index (Phi) is 11.0. The first-order valence-electron chi connectivity index (χ1n) is 12.4. The third-order valence-corrected chi connectivity index (χ3v) is 6.53. The number of amides is 1. The number of aryl methyl sites for hydroxylation is 1. The van der Waals surface area contributed by atoms with E-state index >= 15 is 0 Å². The number of benzene rings is 3. The molecule has 37 heavy (non-hydrogen) atoms. The topological polar surface area (TPSA) is 84.9 Å². The summed E-state index contributed by atoms with van der Waals surface area (Å²) < 4.78 is 11.7. The van der Waals surface area contributed by atoms with Gasteiger partial charge in [0, 0.05) is 5.56 Å². The smallest absolute Gasteiger partial charge is 0.326 e. The number of hydrogen-bond acceptors (Lipinski definition) is 5. The lowest BCUT2D eigenvalue weighted by atomic mass is 9.93. The van der Waals surface area contributed by atoms with Gasteiger partial charge in [0.1, 0.15) is 11.8 Å². The molecule has 0 aliphatic rings. The molecule has 3 aromatic rings. The SMILES string of the molecule is CCCOc1cccc(COCc2ccc(C(=O)N[C@@H](CCSC)C(=O)O)c(-c3ccccc3C)c2)c1. The summed E-state index contributed by atoms with van der Waals surface area (Å²) in [6.07, 6.45) is 3.22. The van der Waals surface area contributed by atoms with Crippen LogP contribution in [0.4, 0.5) is 0 Å². The molecule has 1 atom stereocenters. The number of carbonyl (C=O) groups excluding carboxylic acids is 1. The summed E-state index contributed by atoms with van der Waals surface area (Å²) in [6, 6.07) is 20.3. The van der Waals surface area contributed by atoms with Crippen LogP contribution in [0.5, 0.6) is 5.75 Å². The Balaban J connectivity index is 1.79. The fourth-order valence-electron chi connectivity index (χ4n) is 3.94. The first-order valence-corrected chi connectivity index (χ1v) is 13.8. The van der Waals surface area contributed by atoms with Gasteiger partial charge < -0.3 is 19.9 Å². The molecule has 0 bridgehead atoms. The molecular weight excluding hydrogens is 486 g/mol. The van der Waals surface area contributed by atoms with Crippen molar-refractivity contribution in [3.63, 3.8) is 0 Å². The number of aliphatic carboxylic acids is 1. The maximum atomic E-state index is 13.2. The predicted molar refractivity (Wildman–Crippen MR) is 149 cm³/mol. The lowest BCUT2D eigenvalue weighted by molar-refractivity contribution is -0.139. The highest BCUT2D eigenvalue weighted by Crippen LogP contribution is 2.29. The maximum absolute atomic E-state index is 13.2. The molecule has 0 aliphatic heterocycles.